The number of rotatable bonds is 4. The van der Waals surface area contributed by atoms with Gasteiger partial charge in [-0.3, -0.25) is 9.69 Å². The van der Waals surface area contributed by atoms with Crippen LogP contribution in [0, 0.1) is 35.4 Å². The molecule has 158 valence electrons. The lowest BCUT2D eigenvalue weighted by Gasteiger charge is -2.30. The van der Waals surface area contributed by atoms with E-state index in [0.29, 0.717) is 37.7 Å². The summed E-state index contributed by atoms with van der Waals surface area (Å²) < 4.78 is 14.3. The third-order valence-electron chi connectivity index (χ3n) is 5.69. The molecule has 1 aromatic carbocycles. The molecule has 31 heavy (non-hydrogen) atoms. The van der Waals surface area contributed by atoms with Gasteiger partial charge in [0.25, 0.3) is 0 Å². The third-order valence-corrected chi connectivity index (χ3v) is 5.69. The summed E-state index contributed by atoms with van der Waals surface area (Å²) >= 11 is 0. The standard InChI is InChI=1S/C22H22FN7O/c1-14-26-20-12-29(13-21(31)30-7-2-3-16(30)11-25)8-6-17(20)22(27-14)28-19-5-4-15(10-24)9-18(19)23/h4-5,9,16H,2-3,6-8,12-13H2,1H3,(H,26,27,28)/t16-/m0/s1. The minimum Gasteiger partial charge on any atom is -0.337 e. The number of nitrogens with one attached hydrogen (secondary N) is 1. The van der Waals surface area contributed by atoms with Crippen LogP contribution in [0.15, 0.2) is 18.2 Å². The average molecular weight is 419 g/mol. The van der Waals surface area contributed by atoms with Crippen molar-refractivity contribution < 1.29 is 9.18 Å². The smallest absolute Gasteiger partial charge is 0.237 e. The molecule has 0 radical (unpaired) electrons. The van der Waals surface area contributed by atoms with Gasteiger partial charge in [0.2, 0.25) is 5.91 Å². The van der Waals surface area contributed by atoms with Crippen LogP contribution in [-0.2, 0) is 17.8 Å². The van der Waals surface area contributed by atoms with Crippen molar-refractivity contribution in [1.29, 1.82) is 10.5 Å². The minimum atomic E-state index is -0.523. The number of halogens is 1. The first-order chi connectivity index (χ1) is 15.0. The number of likely N-dealkylation sites (tertiary alicyclic amines) is 1. The number of carbonyl (C=O) groups excluding carboxylic acids is 1. The number of nitriles is 2. The molecule has 3 heterocycles. The van der Waals surface area contributed by atoms with Crippen LogP contribution < -0.4 is 5.32 Å². The maximum Gasteiger partial charge on any atom is 0.237 e. The van der Waals surface area contributed by atoms with Gasteiger partial charge in [0.1, 0.15) is 23.5 Å². The Morgan fingerprint density at radius 1 is 1.32 bits per heavy atom. The Bertz CT molecular complexity index is 1100. The molecule has 1 saturated heterocycles. The first kappa shape index (κ1) is 20.7. The highest BCUT2D eigenvalue weighted by atomic mass is 19.1. The fraction of sp³-hybridized carbons (Fsp3) is 0.409. The summed E-state index contributed by atoms with van der Waals surface area (Å²) in [5.74, 6) is 0.537. The summed E-state index contributed by atoms with van der Waals surface area (Å²) in [6.07, 6.45) is 2.21. The third kappa shape index (κ3) is 4.32. The second-order valence-electron chi connectivity index (χ2n) is 7.81. The second kappa shape index (κ2) is 8.66. The molecular formula is C22H22FN7O. The van der Waals surface area contributed by atoms with Crippen LogP contribution in [0.4, 0.5) is 15.9 Å². The van der Waals surface area contributed by atoms with Crippen molar-refractivity contribution in [2.45, 2.75) is 38.8 Å². The fourth-order valence-corrected chi connectivity index (χ4v) is 4.14. The molecular weight excluding hydrogens is 397 g/mol. The number of aryl methyl sites for hydroxylation is 1. The molecule has 0 bridgehead atoms. The molecule has 1 fully saturated rings. The number of amides is 1. The van der Waals surface area contributed by atoms with E-state index in [1.165, 1.54) is 12.1 Å². The van der Waals surface area contributed by atoms with Crippen molar-refractivity contribution in [2.24, 2.45) is 0 Å². The Morgan fingerprint density at radius 2 is 2.16 bits per heavy atom. The van der Waals surface area contributed by atoms with Crippen LogP contribution >= 0.6 is 0 Å². The molecule has 0 unspecified atom stereocenters. The molecule has 0 aliphatic carbocycles. The molecule has 2 aliphatic heterocycles. The van der Waals surface area contributed by atoms with Crippen molar-refractivity contribution in [2.75, 3.05) is 25.0 Å². The number of hydrogen-bond donors (Lipinski definition) is 1. The van der Waals surface area contributed by atoms with Crippen molar-refractivity contribution in [3.8, 4) is 12.1 Å². The molecule has 8 nitrogen and oxygen atoms in total. The number of fused-ring (bicyclic) bond motifs is 1. The summed E-state index contributed by atoms with van der Waals surface area (Å²) in [6, 6.07) is 8.05. The monoisotopic (exact) mass is 419 g/mol. The van der Waals surface area contributed by atoms with E-state index >= 15 is 0 Å². The van der Waals surface area contributed by atoms with E-state index in [1.807, 2.05) is 11.0 Å². The Hall–Kier alpha value is -3.56. The molecule has 1 atom stereocenters. The zero-order chi connectivity index (χ0) is 22.0. The first-order valence-corrected chi connectivity index (χ1v) is 10.2. The second-order valence-corrected chi connectivity index (χ2v) is 7.81. The van der Waals surface area contributed by atoms with Gasteiger partial charge < -0.3 is 10.2 Å². The summed E-state index contributed by atoms with van der Waals surface area (Å²) in [4.78, 5) is 25.4. The van der Waals surface area contributed by atoms with Gasteiger partial charge in [0.15, 0.2) is 0 Å². The van der Waals surface area contributed by atoms with Crippen LogP contribution in [0.25, 0.3) is 0 Å². The quantitative estimate of drug-likeness (QED) is 0.810. The number of hydrogen-bond acceptors (Lipinski definition) is 7. The lowest BCUT2D eigenvalue weighted by Crippen LogP contribution is -2.44. The normalized spacial score (nSPS) is 18.2. The van der Waals surface area contributed by atoms with Crippen LogP contribution in [0.1, 0.15) is 35.5 Å². The SMILES string of the molecule is Cc1nc2c(c(Nc3ccc(C#N)cc3F)n1)CCN(CC(=O)N1CCC[C@H]1C#N)C2. The maximum atomic E-state index is 14.3. The van der Waals surface area contributed by atoms with Gasteiger partial charge >= 0.3 is 0 Å². The molecule has 4 rings (SSSR count). The number of anilines is 2. The van der Waals surface area contributed by atoms with Crippen LogP contribution in [0.2, 0.25) is 0 Å². The average Bonchev–Trinajstić information content (AvgIpc) is 3.24. The number of benzene rings is 1. The van der Waals surface area contributed by atoms with E-state index in [1.54, 1.807) is 17.9 Å². The lowest BCUT2D eigenvalue weighted by atomic mass is 10.0. The van der Waals surface area contributed by atoms with Gasteiger partial charge in [-0.25, -0.2) is 14.4 Å². The molecule has 1 aromatic heterocycles. The van der Waals surface area contributed by atoms with Crippen LogP contribution in [-0.4, -0.2) is 51.4 Å². The van der Waals surface area contributed by atoms with E-state index in [2.05, 4.69) is 21.4 Å². The summed E-state index contributed by atoms with van der Waals surface area (Å²) in [6.45, 7) is 3.77. The van der Waals surface area contributed by atoms with E-state index < -0.39 is 5.82 Å². The topological polar surface area (TPSA) is 109 Å². The van der Waals surface area contributed by atoms with E-state index in [0.717, 1.165) is 24.1 Å². The van der Waals surface area contributed by atoms with E-state index in [-0.39, 0.29) is 29.7 Å². The molecule has 1 amide bonds. The van der Waals surface area contributed by atoms with Crippen molar-refractivity contribution in [3.63, 3.8) is 0 Å². The number of carbonyl (C=O) groups is 1. The zero-order valence-corrected chi connectivity index (χ0v) is 17.2. The number of nitrogens with zero attached hydrogens (tertiary/aromatic N) is 6. The van der Waals surface area contributed by atoms with Crippen molar-refractivity contribution in [3.05, 3.63) is 46.7 Å². The maximum absolute atomic E-state index is 14.3. The Kier molecular flexibility index (Phi) is 5.79. The highest BCUT2D eigenvalue weighted by Crippen LogP contribution is 2.28. The molecule has 0 saturated carbocycles. The zero-order valence-electron chi connectivity index (χ0n) is 17.2. The van der Waals surface area contributed by atoms with Crippen molar-refractivity contribution in [1.82, 2.24) is 19.8 Å². The van der Waals surface area contributed by atoms with Gasteiger partial charge in [-0.2, -0.15) is 10.5 Å². The van der Waals surface area contributed by atoms with Gasteiger partial charge in [-0.15, -0.1) is 0 Å². The van der Waals surface area contributed by atoms with Gasteiger partial charge in [-0.1, -0.05) is 0 Å². The van der Waals surface area contributed by atoms with Gasteiger partial charge in [-0.05, 0) is 44.4 Å². The lowest BCUT2D eigenvalue weighted by molar-refractivity contribution is -0.132. The van der Waals surface area contributed by atoms with Crippen molar-refractivity contribution >= 4 is 17.4 Å². The van der Waals surface area contributed by atoms with Gasteiger partial charge in [0, 0.05) is 25.2 Å². The largest absolute Gasteiger partial charge is 0.337 e. The van der Waals surface area contributed by atoms with Crippen LogP contribution in [0.3, 0.4) is 0 Å². The van der Waals surface area contributed by atoms with Crippen LogP contribution in [0.5, 0.6) is 0 Å². The molecule has 9 heteroatoms. The molecule has 2 aliphatic rings. The highest BCUT2D eigenvalue weighted by molar-refractivity contribution is 5.79. The Morgan fingerprint density at radius 3 is 2.90 bits per heavy atom. The predicted octanol–water partition coefficient (Wildman–Crippen LogP) is 2.41. The molecule has 0 spiro atoms. The highest BCUT2D eigenvalue weighted by Gasteiger charge is 2.31. The Balaban J connectivity index is 1.50. The first-order valence-electron chi connectivity index (χ1n) is 10.2. The number of aromatic nitrogens is 2. The fourth-order valence-electron chi connectivity index (χ4n) is 4.14. The van der Waals surface area contributed by atoms with E-state index in [9.17, 15) is 14.4 Å². The summed E-state index contributed by atoms with van der Waals surface area (Å²) in [7, 11) is 0. The summed E-state index contributed by atoms with van der Waals surface area (Å²) in [5, 5.41) is 21.2. The van der Waals surface area contributed by atoms with Gasteiger partial charge in [0.05, 0.1) is 35.6 Å². The molecule has 2 aromatic rings. The summed E-state index contributed by atoms with van der Waals surface area (Å²) in [5.41, 5.74) is 2.20. The predicted molar refractivity (Wildman–Crippen MR) is 110 cm³/mol. The van der Waals surface area contributed by atoms with E-state index in [4.69, 9.17) is 5.26 Å². The minimum absolute atomic E-state index is 0.0312. The molecule has 1 N–H and O–H groups in total. The Labute approximate surface area is 179 Å².